The zero-order valence-corrected chi connectivity index (χ0v) is 11.8. The third-order valence-corrected chi connectivity index (χ3v) is 4.21. The van der Waals surface area contributed by atoms with E-state index in [4.69, 9.17) is 9.84 Å². The molecular weight excluding hydrogens is 306 g/mol. The van der Waals surface area contributed by atoms with E-state index in [9.17, 15) is 4.79 Å². The summed E-state index contributed by atoms with van der Waals surface area (Å²) >= 11 is 4.77. The summed E-state index contributed by atoms with van der Waals surface area (Å²) in [6, 6.07) is 3.68. The fraction of sp³-hybridized carbons (Fsp3) is 0.545. The molecule has 1 aliphatic heterocycles. The standard InChI is InChI=1S/C11H14BrNO3S/c1-7-4-13(5-8(6-14)16-7)11(15)9-2-3-10(12)17-9/h2-3,7-8,14H,4-6H2,1H3. The number of ether oxygens (including phenoxy) is 1. The minimum Gasteiger partial charge on any atom is -0.394 e. The van der Waals surface area contributed by atoms with E-state index < -0.39 is 0 Å². The molecule has 0 aromatic carbocycles. The van der Waals surface area contributed by atoms with Crippen LogP contribution < -0.4 is 0 Å². The highest BCUT2D eigenvalue weighted by Crippen LogP contribution is 2.24. The maximum Gasteiger partial charge on any atom is 0.264 e. The van der Waals surface area contributed by atoms with Crippen LogP contribution in [0.2, 0.25) is 0 Å². The van der Waals surface area contributed by atoms with Crippen LogP contribution in [0.1, 0.15) is 16.6 Å². The molecule has 2 heterocycles. The van der Waals surface area contributed by atoms with Crippen molar-refractivity contribution in [2.45, 2.75) is 19.1 Å². The summed E-state index contributed by atoms with van der Waals surface area (Å²) in [6.07, 6.45) is -0.306. The fourth-order valence-electron chi connectivity index (χ4n) is 1.90. The number of morpholine rings is 1. The van der Waals surface area contributed by atoms with Gasteiger partial charge in [0, 0.05) is 13.1 Å². The van der Waals surface area contributed by atoms with Crippen molar-refractivity contribution >= 4 is 33.2 Å². The second-order valence-electron chi connectivity index (χ2n) is 4.07. The summed E-state index contributed by atoms with van der Waals surface area (Å²) in [5.41, 5.74) is 0. The molecule has 2 rings (SSSR count). The lowest BCUT2D eigenvalue weighted by atomic mass is 10.2. The molecule has 1 N–H and O–H groups in total. The monoisotopic (exact) mass is 319 g/mol. The molecule has 2 unspecified atom stereocenters. The van der Waals surface area contributed by atoms with Gasteiger partial charge in [-0.2, -0.15) is 0 Å². The van der Waals surface area contributed by atoms with Crippen molar-refractivity contribution in [3.63, 3.8) is 0 Å². The molecule has 1 saturated heterocycles. The van der Waals surface area contributed by atoms with Gasteiger partial charge in [-0.15, -0.1) is 11.3 Å². The van der Waals surface area contributed by atoms with Gasteiger partial charge in [-0.3, -0.25) is 4.79 Å². The molecule has 6 heteroatoms. The maximum atomic E-state index is 12.2. The van der Waals surface area contributed by atoms with E-state index in [1.807, 2.05) is 19.1 Å². The molecule has 0 saturated carbocycles. The Bertz CT molecular complexity index is 409. The molecule has 0 radical (unpaired) electrons. The van der Waals surface area contributed by atoms with Gasteiger partial charge >= 0.3 is 0 Å². The van der Waals surface area contributed by atoms with E-state index in [-0.39, 0.29) is 24.7 Å². The van der Waals surface area contributed by atoms with Crippen molar-refractivity contribution in [1.82, 2.24) is 4.90 Å². The molecule has 0 spiro atoms. The molecule has 17 heavy (non-hydrogen) atoms. The molecular formula is C11H14BrNO3S. The first-order chi connectivity index (χ1) is 8.10. The van der Waals surface area contributed by atoms with Gasteiger partial charge in [0.1, 0.15) is 0 Å². The van der Waals surface area contributed by atoms with Crippen LogP contribution in [0.15, 0.2) is 15.9 Å². The van der Waals surface area contributed by atoms with E-state index in [0.29, 0.717) is 18.0 Å². The highest BCUT2D eigenvalue weighted by atomic mass is 79.9. The van der Waals surface area contributed by atoms with Gasteiger partial charge in [0.2, 0.25) is 0 Å². The Kier molecular flexibility index (Phi) is 4.19. The summed E-state index contributed by atoms with van der Waals surface area (Å²) in [7, 11) is 0. The number of carbonyl (C=O) groups excluding carboxylic acids is 1. The molecule has 4 nitrogen and oxygen atoms in total. The number of halogens is 1. The SMILES string of the molecule is CC1CN(C(=O)c2ccc(Br)s2)CC(CO)O1. The second kappa shape index (κ2) is 5.48. The Labute approximate surface area is 112 Å². The van der Waals surface area contributed by atoms with Crippen LogP contribution >= 0.6 is 27.3 Å². The number of carbonyl (C=O) groups is 1. The molecule has 94 valence electrons. The maximum absolute atomic E-state index is 12.2. The van der Waals surface area contributed by atoms with E-state index >= 15 is 0 Å². The zero-order valence-electron chi connectivity index (χ0n) is 9.43. The lowest BCUT2D eigenvalue weighted by molar-refractivity contribution is -0.0857. The Morgan fingerprint density at radius 1 is 1.65 bits per heavy atom. The Hall–Kier alpha value is -0.430. The molecule has 1 fully saturated rings. The van der Waals surface area contributed by atoms with Gasteiger partial charge in [0.05, 0.1) is 27.5 Å². The Morgan fingerprint density at radius 2 is 2.41 bits per heavy atom. The van der Waals surface area contributed by atoms with Crippen molar-refractivity contribution in [3.05, 3.63) is 20.8 Å². The molecule has 1 amide bonds. The van der Waals surface area contributed by atoms with Crippen molar-refractivity contribution in [2.75, 3.05) is 19.7 Å². The first-order valence-electron chi connectivity index (χ1n) is 5.41. The number of amides is 1. The molecule has 1 aromatic heterocycles. The Morgan fingerprint density at radius 3 is 3.00 bits per heavy atom. The van der Waals surface area contributed by atoms with Crippen LogP contribution in [0, 0.1) is 0 Å². The van der Waals surface area contributed by atoms with Crippen LogP contribution in [0.4, 0.5) is 0 Å². The molecule has 1 aromatic rings. The highest BCUT2D eigenvalue weighted by molar-refractivity contribution is 9.11. The lowest BCUT2D eigenvalue weighted by Crippen LogP contribution is -2.50. The largest absolute Gasteiger partial charge is 0.394 e. The van der Waals surface area contributed by atoms with Gasteiger partial charge in [-0.25, -0.2) is 0 Å². The third-order valence-electron chi connectivity index (χ3n) is 2.60. The fourth-order valence-corrected chi connectivity index (χ4v) is 3.25. The van der Waals surface area contributed by atoms with Crippen LogP contribution in [0.5, 0.6) is 0 Å². The van der Waals surface area contributed by atoms with Crippen molar-refractivity contribution in [3.8, 4) is 0 Å². The second-order valence-corrected chi connectivity index (χ2v) is 6.53. The zero-order chi connectivity index (χ0) is 12.4. The topological polar surface area (TPSA) is 49.8 Å². The minimum atomic E-state index is -0.272. The highest BCUT2D eigenvalue weighted by Gasteiger charge is 2.29. The van der Waals surface area contributed by atoms with E-state index in [1.54, 1.807) is 4.90 Å². The summed E-state index contributed by atoms with van der Waals surface area (Å²) < 4.78 is 6.45. The van der Waals surface area contributed by atoms with Crippen molar-refractivity contribution in [2.24, 2.45) is 0 Å². The van der Waals surface area contributed by atoms with Crippen molar-refractivity contribution in [1.29, 1.82) is 0 Å². The predicted molar refractivity (Wildman–Crippen MR) is 69.3 cm³/mol. The van der Waals surface area contributed by atoms with Gasteiger partial charge in [0.25, 0.3) is 5.91 Å². The number of hydrogen-bond donors (Lipinski definition) is 1. The molecule has 2 atom stereocenters. The first kappa shape index (κ1) is 13.0. The lowest BCUT2D eigenvalue weighted by Gasteiger charge is -2.35. The smallest absolute Gasteiger partial charge is 0.264 e. The van der Waals surface area contributed by atoms with Gasteiger partial charge in [0.15, 0.2) is 0 Å². The average molecular weight is 320 g/mol. The molecule has 0 bridgehead atoms. The van der Waals surface area contributed by atoms with E-state index in [2.05, 4.69) is 15.9 Å². The Balaban J connectivity index is 2.08. The number of aliphatic hydroxyl groups is 1. The molecule has 0 aliphatic carbocycles. The van der Waals surface area contributed by atoms with Crippen LogP contribution in [0.25, 0.3) is 0 Å². The summed E-state index contributed by atoms with van der Waals surface area (Å²) in [5, 5.41) is 9.12. The van der Waals surface area contributed by atoms with Crippen LogP contribution in [-0.4, -0.2) is 47.8 Å². The third kappa shape index (κ3) is 3.07. The summed E-state index contributed by atoms with van der Waals surface area (Å²) in [4.78, 5) is 14.7. The van der Waals surface area contributed by atoms with Crippen LogP contribution in [-0.2, 0) is 4.74 Å². The summed E-state index contributed by atoms with van der Waals surface area (Å²) in [6.45, 7) is 2.88. The molecule has 1 aliphatic rings. The number of rotatable bonds is 2. The van der Waals surface area contributed by atoms with Gasteiger partial charge in [-0.1, -0.05) is 0 Å². The summed E-state index contributed by atoms with van der Waals surface area (Å²) in [5.74, 6) is 0.00861. The minimum absolute atomic E-state index is 0.00861. The van der Waals surface area contributed by atoms with E-state index in [1.165, 1.54) is 11.3 Å². The van der Waals surface area contributed by atoms with E-state index in [0.717, 1.165) is 3.79 Å². The first-order valence-corrected chi connectivity index (χ1v) is 7.02. The number of thiophene rings is 1. The van der Waals surface area contributed by atoms with Gasteiger partial charge < -0.3 is 14.7 Å². The van der Waals surface area contributed by atoms with Gasteiger partial charge in [-0.05, 0) is 35.0 Å². The predicted octanol–water partition coefficient (Wildman–Crippen LogP) is 1.73. The number of hydrogen-bond acceptors (Lipinski definition) is 4. The van der Waals surface area contributed by atoms with Crippen molar-refractivity contribution < 1.29 is 14.6 Å². The quantitative estimate of drug-likeness (QED) is 0.903. The normalized spacial score (nSPS) is 25.0. The average Bonchev–Trinajstić information content (AvgIpc) is 2.74. The van der Waals surface area contributed by atoms with Crippen LogP contribution in [0.3, 0.4) is 0 Å². The number of nitrogens with zero attached hydrogens (tertiary/aromatic N) is 1. The number of aliphatic hydroxyl groups excluding tert-OH is 1.